The predicted molar refractivity (Wildman–Crippen MR) is 70.7 cm³/mol. The first-order valence-electron chi connectivity index (χ1n) is 6.66. The highest BCUT2D eigenvalue weighted by Gasteiger charge is 2.23. The molecule has 0 spiro atoms. The number of hydrogen-bond acceptors (Lipinski definition) is 3. The van der Waals surface area contributed by atoms with Crippen molar-refractivity contribution >= 4 is 0 Å². The van der Waals surface area contributed by atoms with Gasteiger partial charge in [0.15, 0.2) is 0 Å². The van der Waals surface area contributed by atoms with E-state index in [0.717, 1.165) is 31.2 Å². The predicted octanol–water partition coefficient (Wildman–Crippen LogP) is 2.09. The van der Waals surface area contributed by atoms with E-state index in [2.05, 4.69) is 35.0 Å². The summed E-state index contributed by atoms with van der Waals surface area (Å²) in [4.78, 5) is 7.15. The minimum atomic E-state index is 0.723. The van der Waals surface area contributed by atoms with Gasteiger partial charge in [-0.3, -0.25) is 9.88 Å². The van der Waals surface area contributed by atoms with Crippen LogP contribution in [0.4, 0.5) is 0 Å². The number of rotatable bonds is 5. The van der Waals surface area contributed by atoms with E-state index in [9.17, 15) is 0 Å². The van der Waals surface area contributed by atoms with E-state index in [4.69, 9.17) is 5.73 Å². The lowest BCUT2D eigenvalue weighted by Crippen LogP contribution is -2.29. The molecule has 0 aliphatic carbocycles. The lowest BCUT2D eigenvalue weighted by molar-refractivity contribution is 0.229. The Labute approximate surface area is 104 Å². The standard InChI is InChI=1S/C14H23N3/c1-12-5-2-6-13(16-12)11-17-10-4-8-14(17)7-3-9-15/h2,5-6,14H,3-4,7-11,15H2,1H3. The van der Waals surface area contributed by atoms with Crippen molar-refractivity contribution in [3.8, 4) is 0 Å². The van der Waals surface area contributed by atoms with E-state index >= 15 is 0 Å². The van der Waals surface area contributed by atoms with Gasteiger partial charge in [0.05, 0.1) is 5.69 Å². The highest BCUT2D eigenvalue weighted by Crippen LogP contribution is 2.22. The van der Waals surface area contributed by atoms with Crippen LogP contribution in [-0.4, -0.2) is 29.0 Å². The number of aromatic nitrogens is 1. The van der Waals surface area contributed by atoms with Crippen LogP contribution in [0.2, 0.25) is 0 Å². The van der Waals surface area contributed by atoms with E-state index in [1.54, 1.807) is 0 Å². The van der Waals surface area contributed by atoms with Crippen molar-refractivity contribution in [3.63, 3.8) is 0 Å². The molecule has 0 radical (unpaired) electrons. The Kier molecular flexibility index (Phi) is 4.51. The lowest BCUT2D eigenvalue weighted by atomic mass is 10.1. The van der Waals surface area contributed by atoms with Gasteiger partial charge in [-0.15, -0.1) is 0 Å². The Bertz CT molecular complexity index is 351. The molecule has 0 saturated carbocycles. The van der Waals surface area contributed by atoms with E-state index in [-0.39, 0.29) is 0 Å². The summed E-state index contributed by atoms with van der Waals surface area (Å²) in [5.74, 6) is 0. The highest BCUT2D eigenvalue weighted by molar-refractivity contribution is 5.10. The van der Waals surface area contributed by atoms with E-state index in [0.29, 0.717) is 0 Å². The summed E-state index contributed by atoms with van der Waals surface area (Å²) in [7, 11) is 0. The molecule has 17 heavy (non-hydrogen) atoms. The summed E-state index contributed by atoms with van der Waals surface area (Å²) in [5.41, 5.74) is 7.90. The zero-order valence-electron chi connectivity index (χ0n) is 10.7. The Morgan fingerprint density at radius 1 is 1.47 bits per heavy atom. The molecule has 1 aliphatic rings. The highest BCUT2D eigenvalue weighted by atomic mass is 15.2. The largest absolute Gasteiger partial charge is 0.330 e. The van der Waals surface area contributed by atoms with Gasteiger partial charge in [0.25, 0.3) is 0 Å². The van der Waals surface area contributed by atoms with Crippen LogP contribution >= 0.6 is 0 Å². The van der Waals surface area contributed by atoms with Gasteiger partial charge in [-0.1, -0.05) is 6.07 Å². The maximum atomic E-state index is 5.59. The maximum absolute atomic E-state index is 5.59. The van der Waals surface area contributed by atoms with E-state index in [1.807, 2.05) is 0 Å². The molecule has 1 saturated heterocycles. The Balaban J connectivity index is 1.93. The fraction of sp³-hybridized carbons (Fsp3) is 0.643. The second-order valence-electron chi connectivity index (χ2n) is 4.97. The molecule has 1 aromatic rings. The third-order valence-corrected chi connectivity index (χ3v) is 3.55. The topological polar surface area (TPSA) is 42.1 Å². The fourth-order valence-corrected chi connectivity index (χ4v) is 2.68. The molecule has 2 rings (SSSR count). The Morgan fingerprint density at radius 2 is 2.35 bits per heavy atom. The van der Waals surface area contributed by atoms with Crippen LogP contribution in [0.25, 0.3) is 0 Å². The fourth-order valence-electron chi connectivity index (χ4n) is 2.68. The van der Waals surface area contributed by atoms with Crippen LogP contribution in [0.1, 0.15) is 37.1 Å². The number of likely N-dealkylation sites (tertiary alicyclic amines) is 1. The molecule has 1 unspecified atom stereocenters. The van der Waals surface area contributed by atoms with Crippen molar-refractivity contribution in [3.05, 3.63) is 29.6 Å². The molecule has 94 valence electrons. The third kappa shape index (κ3) is 3.51. The summed E-state index contributed by atoms with van der Waals surface area (Å²) >= 11 is 0. The van der Waals surface area contributed by atoms with Crippen molar-refractivity contribution in [2.24, 2.45) is 5.73 Å². The summed E-state index contributed by atoms with van der Waals surface area (Å²) in [6.07, 6.45) is 5.03. The quantitative estimate of drug-likeness (QED) is 0.847. The third-order valence-electron chi connectivity index (χ3n) is 3.55. The summed E-state index contributed by atoms with van der Waals surface area (Å²) < 4.78 is 0. The second-order valence-corrected chi connectivity index (χ2v) is 4.97. The van der Waals surface area contributed by atoms with Crippen LogP contribution in [-0.2, 0) is 6.54 Å². The van der Waals surface area contributed by atoms with Gasteiger partial charge >= 0.3 is 0 Å². The van der Waals surface area contributed by atoms with Gasteiger partial charge in [0, 0.05) is 18.3 Å². The van der Waals surface area contributed by atoms with Crippen LogP contribution in [0.3, 0.4) is 0 Å². The zero-order valence-corrected chi connectivity index (χ0v) is 10.7. The van der Waals surface area contributed by atoms with Gasteiger partial charge < -0.3 is 5.73 Å². The van der Waals surface area contributed by atoms with Crippen molar-refractivity contribution in [1.29, 1.82) is 0 Å². The molecule has 2 N–H and O–H groups in total. The summed E-state index contributed by atoms with van der Waals surface area (Å²) in [6.45, 7) is 5.08. The van der Waals surface area contributed by atoms with E-state index < -0.39 is 0 Å². The van der Waals surface area contributed by atoms with Crippen LogP contribution in [0, 0.1) is 6.92 Å². The SMILES string of the molecule is Cc1cccc(CN2CCCC2CCCN)n1. The molecule has 0 aromatic carbocycles. The smallest absolute Gasteiger partial charge is 0.0547 e. The monoisotopic (exact) mass is 233 g/mol. The van der Waals surface area contributed by atoms with Crippen molar-refractivity contribution in [2.75, 3.05) is 13.1 Å². The molecule has 0 amide bonds. The van der Waals surface area contributed by atoms with Crippen LogP contribution in [0.5, 0.6) is 0 Å². The molecule has 1 atom stereocenters. The molecule has 0 bridgehead atoms. The molecule has 1 fully saturated rings. The summed E-state index contributed by atoms with van der Waals surface area (Å²) in [6, 6.07) is 7.01. The molecular weight excluding hydrogens is 210 g/mol. The molecule has 3 nitrogen and oxygen atoms in total. The van der Waals surface area contributed by atoms with Crippen molar-refractivity contribution in [1.82, 2.24) is 9.88 Å². The van der Waals surface area contributed by atoms with Crippen LogP contribution < -0.4 is 5.73 Å². The first kappa shape index (κ1) is 12.5. The maximum Gasteiger partial charge on any atom is 0.0547 e. The average Bonchev–Trinajstić information content (AvgIpc) is 2.74. The van der Waals surface area contributed by atoms with Gasteiger partial charge in [0.2, 0.25) is 0 Å². The molecule has 2 heterocycles. The molecule has 1 aromatic heterocycles. The zero-order chi connectivity index (χ0) is 12.1. The van der Waals surface area contributed by atoms with Gasteiger partial charge in [0.1, 0.15) is 0 Å². The van der Waals surface area contributed by atoms with Gasteiger partial charge in [-0.2, -0.15) is 0 Å². The van der Waals surface area contributed by atoms with Gasteiger partial charge in [-0.25, -0.2) is 0 Å². The minimum Gasteiger partial charge on any atom is -0.330 e. The average molecular weight is 233 g/mol. The first-order chi connectivity index (χ1) is 8.29. The molecular formula is C14H23N3. The number of nitrogens with zero attached hydrogens (tertiary/aromatic N) is 2. The first-order valence-corrected chi connectivity index (χ1v) is 6.66. The number of pyridine rings is 1. The molecule has 3 heteroatoms. The Morgan fingerprint density at radius 3 is 3.12 bits per heavy atom. The van der Waals surface area contributed by atoms with E-state index in [1.165, 1.54) is 31.5 Å². The van der Waals surface area contributed by atoms with Gasteiger partial charge in [-0.05, 0) is 57.8 Å². The number of hydrogen-bond donors (Lipinski definition) is 1. The van der Waals surface area contributed by atoms with Crippen molar-refractivity contribution in [2.45, 2.75) is 45.2 Å². The molecule has 1 aliphatic heterocycles. The minimum absolute atomic E-state index is 0.723. The Hall–Kier alpha value is -0.930. The number of aryl methyl sites for hydroxylation is 1. The number of nitrogens with two attached hydrogens (primary N) is 1. The lowest BCUT2D eigenvalue weighted by Gasteiger charge is -2.24. The summed E-state index contributed by atoms with van der Waals surface area (Å²) in [5, 5.41) is 0. The second kappa shape index (κ2) is 6.12. The normalized spacial score (nSPS) is 20.9. The van der Waals surface area contributed by atoms with Crippen molar-refractivity contribution < 1.29 is 0 Å². The van der Waals surface area contributed by atoms with Crippen LogP contribution in [0.15, 0.2) is 18.2 Å².